The third-order valence-corrected chi connectivity index (χ3v) is 5.30. The lowest BCUT2D eigenvalue weighted by molar-refractivity contribution is 0.0606. The Morgan fingerprint density at radius 1 is 1.08 bits per heavy atom. The summed E-state index contributed by atoms with van der Waals surface area (Å²) in [6.45, 7) is 0. The molecule has 0 spiro atoms. The maximum atomic E-state index is 12.3. The van der Waals surface area contributed by atoms with E-state index >= 15 is 0 Å². The Morgan fingerprint density at radius 2 is 1.79 bits per heavy atom. The number of benzene rings is 1. The van der Waals surface area contributed by atoms with Crippen LogP contribution in [0, 0.1) is 0 Å². The van der Waals surface area contributed by atoms with Crippen molar-refractivity contribution in [3.63, 3.8) is 0 Å². The molecule has 0 atom stereocenters. The van der Waals surface area contributed by atoms with Crippen LogP contribution >= 0.6 is 34.3 Å². The topological polar surface area (TPSA) is 68.3 Å². The normalized spacial score (nSPS) is 10.4. The number of ether oxygens (including phenoxy) is 1. The molecular weight excluding hydrogens is 368 g/mol. The Hall–Kier alpha value is -2.22. The van der Waals surface area contributed by atoms with Gasteiger partial charge in [0.15, 0.2) is 5.13 Å². The van der Waals surface area contributed by atoms with E-state index in [9.17, 15) is 9.59 Å². The standard InChI is InChI=1S/C16H11ClN2O3S2/c1-22-15(21)11-8-7-10(23-11)14(20)19-16-18-12(13(17)24-16)9-5-3-2-4-6-9/h2-8H,1H3,(H,18,19,20). The molecule has 0 aliphatic carbocycles. The van der Waals surface area contributed by atoms with E-state index in [1.807, 2.05) is 30.3 Å². The van der Waals surface area contributed by atoms with Gasteiger partial charge in [-0.15, -0.1) is 11.3 Å². The highest BCUT2D eigenvalue weighted by Crippen LogP contribution is 2.35. The molecule has 24 heavy (non-hydrogen) atoms. The molecule has 0 fully saturated rings. The first-order valence-corrected chi connectivity index (χ1v) is 8.81. The Kier molecular flexibility index (Phi) is 4.94. The number of nitrogens with zero attached hydrogens (tertiary/aromatic N) is 1. The molecule has 2 heterocycles. The first-order chi connectivity index (χ1) is 11.6. The lowest BCUT2D eigenvalue weighted by atomic mass is 10.2. The maximum absolute atomic E-state index is 12.3. The van der Waals surface area contributed by atoms with Gasteiger partial charge in [-0.3, -0.25) is 10.1 Å². The highest BCUT2D eigenvalue weighted by Gasteiger charge is 2.17. The number of hydrogen-bond donors (Lipinski definition) is 1. The molecule has 1 amide bonds. The van der Waals surface area contributed by atoms with Gasteiger partial charge in [-0.2, -0.15) is 0 Å². The van der Waals surface area contributed by atoms with Crippen LogP contribution in [-0.2, 0) is 4.74 Å². The van der Waals surface area contributed by atoms with Crippen molar-refractivity contribution in [2.24, 2.45) is 0 Å². The summed E-state index contributed by atoms with van der Waals surface area (Å²) in [5.74, 6) is -0.817. The van der Waals surface area contributed by atoms with Gasteiger partial charge in [-0.1, -0.05) is 53.3 Å². The van der Waals surface area contributed by atoms with Gasteiger partial charge < -0.3 is 4.74 Å². The van der Waals surface area contributed by atoms with Gasteiger partial charge in [-0.25, -0.2) is 9.78 Å². The zero-order chi connectivity index (χ0) is 17.1. The summed E-state index contributed by atoms with van der Waals surface area (Å²) in [4.78, 5) is 28.8. The van der Waals surface area contributed by atoms with E-state index in [0.717, 1.165) is 16.9 Å². The van der Waals surface area contributed by atoms with Crippen molar-refractivity contribution in [3.05, 3.63) is 56.6 Å². The molecular formula is C16H11ClN2O3S2. The number of carbonyl (C=O) groups excluding carboxylic acids is 2. The molecule has 5 nitrogen and oxygen atoms in total. The van der Waals surface area contributed by atoms with Crippen LogP contribution in [0.15, 0.2) is 42.5 Å². The lowest BCUT2D eigenvalue weighted by Crippen LogP contribution is -2.09. The molecule has 3 rings (SSSR count). The molecule has 8 heteroatoms. The molecule has 0 bridgehead atoms. The minimum Gasteiger partial charge on any atom is -0.465 e. The summed E-state index contributed by atoms with van der Waals surface area (Å²) < 4.78 is 5.13. The minimum atomic E-state index is -0.470. The predicted molar refractivity (Wildman–Crippen MR) is 96.2 cm³/mol. The van der Waals surface area contributed by atoms with Crippen molar-refractivity contribution in [1.82, 2.24) is 4.98 Å². The second kappa shape index (κ2) is 7.12. The van der Waals surface area contributed by atoms with Crippen molar-refractivity contribution >= 4 is 51.3 Å². The average molecular weight is 379 g/mol. The van der Waals surface area contributed by atoms with Crippen LogP contribution in [-0.4, -0.2) is 24.0 Å². The van der Waals surface area contributed by atoms with Crippen LogP contribution < -0.4 is 5.32 Å². The van der Waals surface area contributed by atoms with Crippen LogP contribution in [0.5, 0.6) is 0 Å². The number of anilines is 1. The molecule has 122 valence electrons. The van der Waals surface area contributed by atoms with Crippen molar-refractivity contribution in [3.8, 4) is 11.3 Å². The molecule has 1 aromatic carbocycles. The van der Waals surface area contributed by atoms with Gasteiger partial charge in [0.25, 0.3) is 5.91 Å². The molecule has 0 aliphatic heterocycles. The smallest absolute Gasteiger partial charge is 0.348 e. The summed E-state index contributed by atoms with van der Waals surface area (Å²) in [6, 6.07) is 12.6. The fourth-order valence-electron chi connectivity index (χ4n) is 1.96. The van der Waals surface area contributed by atoms with E-state index in [0.29, 0.717) is 24.9 Å². The highest BCUT2D eigenvalue weighted by molar-refractivity contribution is 7.20. The third-order valence-electron chi connectivity index (χ3n) is 3.07. The molecule has 0 saturated heterocycles. The van der Waals surface area contributed by atoms with Gasteiger partial charge in [-0.05, 0) is 12.1 Å². The zero-order valence-corrected chi connectivity index (χ0v) is 14.8. The molecule has 0 saturated carbocycles. The number of methoxy groups -OCH3 is 1. The Balaban J connectivity index is 1.78. The fraction of sp³-hybridized carbons (Fsp3) is 0.0625. The quantitative estimate of drug-likeness (QED) is 0.675. The fourth-order valence-corrected chi connectivity index (χ4v) is 3.86. The number of amides is 1. The number of esters is 1. The van der Waals surface area contributed by atoms with Gasteiger partial charge in [0, 0.05) is 5.56 Å². The Bertz CT molecular complexity index is 890. The largest absolute Gasteiger partial charge is 0.465 e. The number of rotatable bonds is 4. The number of hydrogen-bond acceptors (Lipinski definition) is 6. The van der Waals surface area contributed by atoms with Crippen molar-refractivity contribution in [1.29, 1.82) is 0 Å². The predicted octanol–water partition coefficient (Wildman–Crippen LogP) is 4.56. The number of nitrogens with one attached hydrogen (secondary N) is 1. The highest BCUT2D eigenvalue weighted by atomic mass is 35.5. The van der Waals surface area contributed by atoms with Crippen LogP contribution in [0.3, 0.4) is 0 Å². The Morgan fingerprint density at radius 3 is 2.50 bits per heavy atom. The molecule has 0 unspecified atom stereocenters. The van der Waals surface area contributed by atoms with Gasteiger partial charge in [0.05, 0.1) is 12.0 Å². The Labute approximate surface area is 150 Å². The minimum absolute atomic E-state index is 0.347. The van der Waals surface area contributed by atoms with E-state index in [4.69, 9.17) is 11.6 Å². The van der Waals surface area contributed by atoms with E-state index < -0.39 is 5.97 Å². The van der Waals surface area contributed by atoms with E-state index in [1.54, 1.807) is 12.1 Å². The molecule has 3 aromatic rings. The number of thiazole rings is 1. The summed E-state index contributed by atoms with van der Waals surface area (Å²) in [6.07, 6.45) is 0. The second-order valence-corrected chi connectivity index (χ2v) is 7.30. The number of carbonyl (C=O) groups is 2. The summed E-state index contributed by atoms with van der Waals surface area (Å²) in [5, 5.41) is 3.10. The SMILES string of the molecule is COC(=O)c1ccc(C(=O)Nc2nc(-c3ccccc3)c(Cl)s2)s1. The van der Waals surface area contributed by atoms with Crippen molar-refractivity contribution < 1.29 is 14.3 Å². The molecule has 0 aliphatic rings. The molecule has 1 N–H and O–H groups in total. The lowest BCUT2D eigenvalue weighted by Gasteiger charge is -1.98. The monoisotopic (exact) mass is 378 g/mol. The van der Waals surface area contributed by atoms with Crippen LogP contribution in [0.2, 0.25) is 4.34 Å². The average Bonchev–Trinajstić information content (AvgIpc) is 3.22. The van der Waals surface area contributed by atoms with E-state index in [2.05, 4.69) is 15.0 Å². The van der Waals surface area contributed by atoms with E-state index in [-0.39, 0.29) is 5.91 Å². The summed E-state index contributed by atoms with van der Waals surface area (Å²) >= 11 is 8.46. The summed E-state index contributed by atoms with van der Waals surface area (Å²) in [7, 11) is 1.30. The first-order valence-electron chi connectivity index (χ1n) is 6.79. The zero-order valence-electron chi connectivity index (χ0n) is 12.4. The third kappa shape index (κ3) is 3.48. The number of thiophene rings is 1. The molecule has 0 radical (unpaired) electrons. The van der Waals surface area contributed by atoms with Gasteiger partial charge in [0.1, 0.15) is 14.9 Å². The van der Waals surface area contributed by atoms with Crippen LogP contribution in [0.1, 0.15) is 19.3 Å². The van der Waals surface area contributed by atoms with Crippen molar-refractivity contribution in [2.75, 3.05) is 12.4 Å². The number of halogens is 1. The van der Waals surface area contributed by atoms with Gasteiger partial charge in [0.2, 0.25) is 0 Å². The second-order valence-electron chi connectivity index (χ2n) is 4.62. The summed E-state index contributed by atoms with van der Waals surface area (Å²) in [5.41, 5.74) is 1.50. The van der Waals surface area contributed by atoms with Crippen LogP contribution in [0.4, 0.5) is 5.13 Å². The van der Waals surface area contributed by atoms with Gasteiger partial charge >= 0.3 is 5.97 Å². The molecule has 2 aromatic heterocycles. The van der Waals surface area contributed by atoms with Crippen molar-refractivity contribution in [2.45, 2.75) is 0 Å². The first kappa shape index (κ1) is 16.6. The van der Waals surface area contributed by atoms with Crippen LogP contribution in [0.25, 0.3) is 11.3 Å². The van der Waals surface area contributed by atoms with E-state index in [1.165, 1.54) is 18.4 Å². The maximum Gasteiger partial charge on any atom is 0.348 e. The number of aromatic nitrogens is 1.